The van der Waals surface area contributed by atoms with Gasteiger partial charge in [-0.15, -0.1) is 0 Å². The molecule has 0 aliphatic rings. The number of benzene rings is 1. The highest BCUT2D eigenvalue weighted by Crippen LogP contribution is 2.24. The molecule has 31 heavy (non-hydrogen) atoms. The van der Waals surface area contributed by atoms with E-state index in [2.05, 4.69) is 10.6 Å². The van der Waals surface area contributed by atoms with Crippen molar-refractivity contribution in [3.05, 3.63) is 52.1 Å². The lowest BCUT2D eigenvalue weighted by Gasteiger charge is -2.20. The van der Waals surface area contributed by atoms with Gasteiger partial charge in [0.25, 0.3) is 17.6 Å². The lowest BCUT2D eigenvalue weighted by atomic mass is 10.0. The lowest BCUT2D eigenvalue weighted by molar-refractivity contribution is -0.145. The first-order valence-electron chi connectivity index (χ1n) is 9.09. The van der Waals surface area contributed by atoms with Gasteiger partial charge in [0.2, 0.25) is 0 Å². The second-order valence-corrected chi connectivity index (χ2v) is 7.47. The molecule has 0 saturated heterocycles. The van der Waals surface area contributed by atoms with E-state index >= 15 is 0 Å². The van der Waals surface area contributed by atoms with Crippen molar-refractivity contribution in [2.75, 3.05) is 5.32 Å². The molecule has 10 heteroatoms. The van der Waals surface area contributed by atoms with E-state index in [1.54, 1.807) is 13.0 Å². The van der Waals surface area contributed by atoms with Crippen molar-refractivity contribution in [3.8, 4) is 6.07 Å². The number of hydrogen-bond acceptors (Lipinski definition) is 5. The highest BCUT2D eigenvalue weighted by molar-refractivity contribution is 6.43. The van der Waals surface area contributed by atoms with Crippen LogP contribution in [0.1, 0.15) is 51.5 Å². The van der Waals surface area contributed by atoms with E-state index in [0.29, 0.717) is 5.69 Å². The molecule has 0 aliphatic carbocycles. The number of nitriles is 1. The van der Waals surface area contributed by atoms with Gasteiger partial charge in [-0.05, 0) is 51.5 Å². The van der Waals surface area contributed by atoms with Crippen LogP contribution in [0.3, 0.4) is 0 Å². The number of rotatable bonds is 6. The first kappa shape index (κ1) is 23.3. The Balaban J connectivity index is 2.38. The summed E-state index contributed by atoms with van der Waals surface area (Å²) in [4.78, 5) is 49.1. The third-order valence-corrected chi connectivity index (χ3v) is 4.88. The van der Waals surface area contributed by atoms with E-state index in [9.17, 15) is 23.6 Å². The maximum Gasteiger partial charge on any atom is 0.328 e. The summed E-state index contributed by atoms with van der Waals surface area (Å²) in [6.07, 6.45) is 0. The Hall–Kier alpha value is -4.00. The second-order valence-electron chi connectivity index (χ2n) is 7.47. The predicted octanol–water partition coefficient (Wildman–Crippen LogP) is 2.07. The van der Waals surface area contributed by atoms with Crippen LogP contribution >= 0.6 is 0 Å². The molecule has 0 atom stereocenters. The predicted molar refractivity (Wildman–Crippen MR) is 108 cm³/mol. The average Bonchev–Trinajstić information content (AvgIpc) is 2.90. The maximum absolute atomic E-state index is 13.5. The largest absolute Gasteiger partial charge is 0.480 e. The SMILES string of the molecule is Cc1c(C(=O)Nc2ccc(F)c(C#N)c2)c(C)n(C)c1C(=O)C(=O)NC(C)(C)C(=O)O. The van der Waals surface area contributed by atoms with E-state index in [-0.39, 0.29) is 28.1 Å². The van der Waals surface area contributed by atoms with Gasteiger partial charge in [-0.2, -0.15) is 5.26 Å². The second kappa shape index (κ2) is 8.39. The molecule has 0 bridgehead atoms. The van der Waals surface area contributed by atoms with E-state index in [1.807, 2.05) is 0 Å². The van der Waals surface area contributed by atoms with E-state index in [0.717, 1.165) is 6.07 Å². The first-order valence-corrected chi connectivity index (χ1v) is 9.09. The molecule has 0 saturated carbocycles. The Bertz CT molecular complexity index is 1160. The third kappa shape index (κ3) is 4.45. The summed E-state index contributed by atoms with van der Waals surface area (Å²) in [6.45, 7) is 5.53. The standard InChI is InChI=1S/C21H21FN4O5/c1-10-15(18(28)24-13-6-7-14(22)12(8-13)9-23)11(2)26(5)16(10)17(27)19(29)25-21(3,4)20(30)31/h6-8H,1-5H3,(H,24,28)(H,25,29)(H,30,31). The summed E-state index contributed by atoms with van der Waals surface area (Å²) < 4.78 is 14.9. The van der Waals surface area contributed by atoms with Crippen LogP contribution < -0.4 is 10.6 Å². The number of carbonyl (C=O) groups is 4. The minimum absolute atomic E-state index is 0.0711. The number of hydrogen-bond donors (Lipinski definition) is 3. The number of nitrogens with zero attached hydrogens (tertiary/aromatic N) is 2. The van der Waals surface area contributed by atoms with E-state index in [1.165, 1.54) is 44.5 Å². The van der Waals surface area contributed by atoms with Crippen molar-refractivity contribution >= 4 is 29.3 Å². The summed E-state index contributed by atoms with van der Waals surface area (Å²) in [5.41, 5.74) is -1.08. The average molecular weight is 428 g/mol. The normalized spacial score (nSPS) is 10.9. The van der Waals surface area contributed by atoms with Crippen molar-refractivity contribution in [1.29, 1.82) is 5.26 Å². The van der Waals surface area contributed by atoms with Gasteiger partial charge in [0.05, 0.1) is 16.8 Å². The zero-order valence-corrected chi connectivity index (χ0v) is 17.6. The molecular formula is C21H21FN4O5. The molecular weight excluding hydrogens is 407 g/mol. The van der Waals surface area contributed by atoms with E-state index in [4.69, 9.17) is 10.4 Å². The number of anilines is 1. The van der Waals surface area contributed by atoms with Gasteiger partial charge in [-0.1, -0.05) is 0 Å². The van der Waals surface area contributed by atoms with Gasteiger partial charge in [-0.3, -0.25) is 14.4 Å². The fraction of sp³-hybridized carbons (Fsp3) is 0.286. The molecule has 162 valence electrons. The number of Topliss-reactive ketones (excluding diaryl/α,β-unsaturated/α-hetero) is 1. The molecule has 0 aliphatic heterocycles. The molecule has 9 nitrogen and oxygen atoms in total. The van der Waals surface area contributed by atoms with Crippen LogP contribution in [0.4, 0.5) is 10.1 Å². The molecule has 3 N–H and O–H groups in total. The highest BCUT2D eigenvalue weighted by atomic mass is 19.1. The fourth-order valence-corrected chi connectivity index (χ4v) is 3.02. The van der Waals surface area contributed by atoms with Crippen molar-refractivity contribution in [3.63, 3.8) is 0 Å². The highest BCUT2D eigenvalue weighted by Gasteiger charge is 2.34. The number of carboxylic acid groups (broad SMARTS) is 1. The number of carboxylic acids is 1. The van der Waals surface area contributed by atoms with Gasteiger partial charge < -0.3 is 20.3 Å². The zero-order chi connectivity index (χ0) is 23.7. The minimum atomic E-state index is -1.66. The number of carbonyl (C=O) groups excluding carboxylic acids is 3. The Kier molecular flexibility index (Phi) is 6.30. The van der Waals surface area contributed by atoms with Crippen molar-refractivity contribution < 1.29 is 28.7 Å². The maximum atomic E-state index is 13.5. The Morgan fingerprint density at radius 3 is 2.35 bits per heavy atom. The molecule has 1 aromatic heterocycles. The number of nitrogens with one attached hydrogen (secondary N) is 2. The van der Waals surface area contributed by atoms with Gasteiger partial charge >= 0.3 is 5.97 Å². The molecule has 2 aromatic rings. The molecule has 1 aromatic carbocycles. The van der Waals surface area contributed by atoms with Crippen molar-refractivity contribution in [1.82, 2.24) is 9.88 Å². The van der Waals surface area contributed by atoms with Crippen molar-refractivity contribution in [2.45, 2.75) is 33.2 Å². The molecule has 2 amide bonds. The summed E-state index contributed by atoms with van der Waals surface area (Å²) in [5, 5.41) is 22.8. The van der Waals surface area contributed by atoms with Gasteiger partial charge in [0.15, 0.2) is 0 Å². The zero-order valence-electron chi connectivity index (χ0n) is 17.6. The fourth-order valence-electron chi connectivity index (χ4n) is 3.02. The van der Waals surface area contributed by atoms with Crippen LogP contribution in [-0.2, 0) is 16.6 Å². The molecule has 0 unspecified atom stereocenters. The first-order chi connectivity index (χ1) is 14.3. The summed E-state index contributed by atoms with van der Waals surface area (Å²) in [5.74, 6) is -4.78. The van der Waals surface area contributed by atoms with Crippen LogP contribution in [0.25, 0.3) is 0 Å². The van der Waals surface area contributed by atoms with Crippen LogP contribution in [0.5, 0.6) is 0 Å². The van der Waals surface area contributed by atoms with Gasteiger partial charge in [0.1, 0.15) is 17.4 Å². The molecule has 2 rings (SSSR count). The summed E-state index contributed by atoms with van der Waals surface area (Å²) in [7, 11) is 1.49. The summed E-state index contributed by atoms with van der Waals surface area (Å²) >= 11 is 0. The Labute approximate surface area is 177 Å². The van der Waals surface area contributed by atoms with Crippen LogP contribution in [0.15, 0.2) is 18.2 Å². The lowest BCUT2D eigenvalue weighted by Crippen LogP contribution is -2.52. The van der Waals surface area contributed by atoms with E-state index < -0.39 is 34.9 Å². The molecule has 0 radical (unpaired) electrons. The van der Waals surface area contributed by atoms with Crippen LogP contribution in [0, 0.1) is 31.0 Å². The van der Waals surface area contributed by atoms with Gasteiger partial charge in [0, 0.05) is 18.4 Å². The minimum Gasteiger partial charge on any atom is -0.480 e. The monoisotopic (exact) mass is 428 g/mol. The number of amides is 2. The smallest absolute Gasteiger partial charge is 0.328 e. The van der Waals surface area contributed by atoms with Crippen LogP contribution in [0.2, 0.25) is 0 Å². The summed E-state index contributed by atoms with van der Waals surface area (Å²) in [6, 6.07) is 5.18. The van der Waals surface area contributed by atoms with Crippen molar-refractivity contribution in [2.24, 2.45) is 7.05 Å². The Morgan fingerprint density at radius 1 is 1.19 bits per heavy atom. The Morgan fingerprint density at radius 2 is 1.81 bits per heavy atom. The molecule has 1 heterocycles. The quantitative estimate of drug-likeness (QED) is 0.475. The van der Waals surface area contributed by atoms with Crippen LogP contribution in [-0.4, -0.2) is 38.8 Å². The molecule has 0 fully saturated rings. The topological polar surface area (TPSA) is 141 Å². The third-order valence-electron chi connectivity index (χ3n) is 4.88. The number of halogens is 1. The number of aromatic nitrogens is 1. The number of ketones is 1. The molecule has 0 spiro atoms. The number of aliphatic carboxylic acids is 1. The van der Waals surface area contributed by atoms with Gasteiger partial charge in [-0.25, -0.2) is 9.18 Å².